The molecule has 0 amide bonds. The van der Waals surface area contributed by atoms with Crippen LogP contribution in [0.15, 0.2) is 0 Å². The summed E-state index contributed by atoms with van der Waals surface area (Å²) in [6, 6.07) is 0. The van der Waals surface area contributed by atoms with E-state index in [1.807, 2.05) is 0 Å². The molecular formula is C15H28N4. The van der Waals surface area contributed by atoms with Crippen LogP contribution in [-0.2, 0) is 19.4 Å². The molecule has 0 fully saturated rings. The summed E-state index contributed by atoms with van der Waals surface area (Å²) in [5, 5.41) is 14.6. The molecule has 0 saturated heterocycles. The van der Waals surface area contributed by atoms with Gasteiger partial charge in [0.25, 0.3) is 0 Å². The van der Waals surface area contributed by atoms with Gasteiger partial charge in [-0.3, -0.25) is 5.10 Å². The molecule has 0 spiro atoms. The summed E-state index contributed by atoms with van der Waals surface area (Å²) in [4.78, 5) is 0. The van der Waals surface area contributed by atoms with E-state index in [1.165, 1.54) is 49.1 Å². The second kappa shape index (κ2) is 7.65. The summed E-state index contributed by atoms with van der Waals surface area (Å²) in [5.74, 6) is 0.739. The van der Waals surface area contributed by atoms with E-state index in [2.05, 4.69) is 34.7 Å². The van der Waals surface area contributed by atoms with Crippen molar-refractivity contribution >= 4 is 0 Å². The first-order valence-electron chi connectivity index (χ1n) is 7.74. The summed E-state index contributed by atoms with van der Waals surface area (Å²) in [7, 11) is 0. The van der Waals surface area contributed by atoms with E-state index in [-0.39, 0.29) is 0 Å². The van der Waals surface area contributed by atoms with Gasteiger partial charge in [-0.2, -0.15) is 5.10 Å². The van der Waals surface area contributed by atoms with Gasteiger partial charge >= 0.3 is 0 Å². The van der Waals surface area contributed by atoms with E-state index < -0.39 is 0 Å². The van der Waals surface area contributed by atoms with Gasteiger partial charge in [-0.25, -0.2) is 0 Å². The first-order chi connectivity index (χ1) is 9.27. The Labute approximate surface area is 116 Å². The fourth-order valence-electron chi connectivity index (χ4n) is 2.63. The highest BCUT2D eigenvalue weighted by molar-refractivity contribution is 5.27. The van der Waals surface area contributed by atoms with Crippen LogP contribution in [0, 0.1) is 5.92 Å². The summed E-state index contributed by atoms with van der Waals surface area (Å²) >= 11 is 0. The number of hydrogen-bond acceptors (Lipinski definition) is 3. The minimum Gasteiger partial charge on any atom is -0.316 e. The van der Waals surface area contributed by atoms with Crippen LogP contribution in [0.2, 0.25) is 0 Å². The van der Waals surface area contributed by atoms with Crippen molar-refractivity contribution in [3.63, 3.8) is 0 Å². The van der Waals surface area contributed by atoms with Crippen LogP contribution in [-0.4, -0.2) is 29.8 Å². The maximum absolute atomic E-state index is 4.45. The lowest BCUT2D eigenvalue weighted by Gasteiger charge is -2.11. The van der Waals surface area contributed by atoms with Crippen LogP contribution in [0.1, 0.15) is 50.1 Å². The zero-order valence-electron chi connectivity index (χ0n) is 12.4. The molecule has 0 saturated carbocycles. The van der Waals surface area contributed by atoms with Crippen LogP contribution in [0.5, 0.6) is 0 Å². The molecule has 0 aliphatic heterocycles. The van der Waals surface area contributed by atoms with Crippen LogP contribution in [0.3, 0.4) is 0 Å². The number of aromatic amines is 1. The zero-order valence-corrected chi connectivity index (χ0v) is 12.4. The molecule has 4 nitrogen and oxygen atoms in total. The molecule has 19 heavy (non-hydrogen) atoms. The maximum Gasteiger partial charge on any atom is 0.0794 e. The van der Waals surface area contributed by atoms with Gasteiger partial charge in [-0.05, 0) is 63.2 Å². The monoisotopic (exact) mass is 264 g/mol. The van der Waals surface area contributed by atoms with Gasteiger partial charge in [0.1, 0.15) is 0 Å². The number of rotatable bonds is 8. The SMILES string of the molecule is CC(C)CNCCCNCc1n[nH]c2c1CCCC2. The van der Waals surface area contributed by atoms with Gasteiger partial charge < -0.3 is 10.6 Å². The third-order valence-corrected chi connectivity index (χ3v) is 3.69. The van der Waals surface area contributed by atoms with E-state index in [1.54, 1.807) is 0 Å². The Hall–Kier alpha value is -0.870. The van der Waals surface area contributed by atoms with E-state index in [0.29, 0.717) is 0 Å². The Morgan fingerprint density at radius 2 is 1.95 bits per heavy atom. The lowest BCUT2D eigenvalue weighted by Crippen LogP contribution is -2.25. The van der Waals surface area contributed by atoms with Gasteiger partial charge in [-0.1, -0.05) is 13.8 Å². The minimum absolute atomic E-state index is 0.739. The van der Waals surface area contributed by atoms with Crippen molar-refractivity contribution in [3.05, 3.63) is 17.0 Å². The minimum atomic E-state index is 0.739. The van der Waals surface area contributed by atoms with Crippen molar-refractivity contribution < 1.29 is 0 Å². The van der Waals surface area contributed by atoms with E-state index in [9.17, 15) is 0 Å². The Kier molecular flexibility index (Phi) is 5.86. The molecule has 1 aromatic heterocycles. The summed E-state index contributed by atoms with van der Waals surface area (Å²) in [6.07, 6.45) is 6.20. The highest BCUT2D eigenvalue weighted by Crippen LogP contribution is 2.21. The van der Waals surface area contributed by atoms with Crippen molar-refractivity contribution in [1.29, 1.82) is 0 Å². The second-order valence-electron chi connectivity index (χ2n) is 5.96. The Bertz CT molecular complexity index is 370. The van der Waals surface area contributed by atoms with Gasteiger partial charge in [0.05, 0.1) is 5.69 Å². The maximum atomic E-state index is 4.45. The first-order valence-corrected chi connectivity index (χ1v) is 7.74. The van der Waals surface area contributed by atoms with E-state index >= 15 is 0 Å². The third kappa shape index (κ3) is 4.62. The summed E-state index contributed by atoms with van der Waals surface area (Å²) in [6.45, 7) is 8.68. The predicted octanol–water partition coefficient (Wildman–Crippen LogP) is 2.01. The van der Waals surface area contributed by atoms with Crippen LogP contribution in [0.25, 0.3) is 0 Å². The number of aromatic nitrogens is 2. The fourth-order valence-corrected chi connectivity index (χ4v) is 2.63. The normalized spacial score (nSPS) is 14.9. The number of nitrogens with one attached hydrogen (secondary N) is 3. The van der Waals surface area contributed by atoms with Crippen molar-refractivity contribution in [3.8, 4) is 0 Å². The summed E-state index contributed by atoms with van der Waals surface area (Å²) in [5.41, 5.74) is 4.10. The topological polar surface area (TPSA) is 52.7 Å². The first kappa shape index (κ1) is 14.5. The van der Waals surface area contributed by atoms with Gasteiger partial charge in [0, 0.05) is 12.2 Å². The number of hydrogen-bond donors (Lipinski definition) is 3. The van der Waals surface area contributed by atoms with Crippen molar-refractivity contribution in [2.24, 2.45) is 5.92 Å². The molecule has 1 heterocycles. The van der Waals surface area contributed by atoms with Crippen LogP contribution in [0.4, 0.5) is 0 Å². The highest BCUT2D eigenvalue weighted by atomic mass is 15.1. The van der Waals surface area contributed by atoms with Gasteiger partial charge in [-0.15, -0.1) is 0 Å². The zero-order chi connectivity index (χ0) is 13.5. The quantitative estimate of drug-likeness (QED) is 0.630. The third-order valence-electron chi connectivity index (χ3n) is 3.69. The largest absolute Gasteiger partial charge is 0.316 e. The van der Waals surface area contributed by atoms with Crippen LogP contribution >= 0.6 is 0 Å². The molecule has 4 heteroatoms. The molecule has 108 valence electrons. The van der Waals surface area contributed by atoms with Gasteiger partial charge in [0.2, 0.25) is 0 Å². The van der Waals surface area contributed by atoms with E-state index in [0.717, 1.165) is 32.1 Å². The molecule has 0 atom stereocenters. The Balaban J connectivity index is 1.60. The Morgan fingerprint density at radius 3 is 2.79 bits per heavy atom. The molecule has 0 unspecified atom stereocenters. The second-order valence-corrected chi connectivity index (χ2v) is 5.96. The van der Waals surface area contributed by atoms with Crippen molar-refractivity contribution in [2.75, 3.05) is 19.6 Å². The predicted molar refractivity (Wildman–Crippen MR) is 79.3 cm³/mol. The molecule has 2 rings (SSSR count). The number of nitrogens with zero attached hydrogens (tertiary/aromatic N) is 1. The molecule has 0 radical (unpaired) electrons. The molecule has 1 aromatic rings. The lowest BCUT2D eigenvalue weighted by atomic mass is 9.96. The number of fused-ring (bicyclic) bond motifs is 1. The van der Waals surface area contributed by atoms with Crippen LogP contribution < -0.4 is 10.6 Å². The lowest BCUT2D eigenvalue weighted by molar-refractivity contribution is 0.529. The molecular weight excluding hydrogens is 236 g/mol. The Morgan fingerprint density at radius 1 is 1.16 bits per heavy atom. The molecule has 1 aliphatic rings. The average molecular weight is 264 g/mol. The molecule has 1 aliphatic carbocycles. The number of aryl methyl sites for hydroxylation is 1. The van der Waals surface area contributed by atoms with Gasteiger partial charge in [0.15, 0.2) is 0 Å². The van der Waals surface area contributed by atoms with E-state index in [4.69, 9.17) is 0 Å². The average Bonchev–Trinajstić information content (AvgIpc) is 2.81. The molecule has 0 bridgehead atoms. The highest BCUT2D eigenvalue weighted by Gasteiger charge is 2.15. The number of H-pyrrole nitrogens is 1. The fraction of sp³-hybridized carbons (Fsp3) is 0.800. The van der Waals surface area contributed by atoms with Crippen molar-refractivity contribution in [1.82, 2.24) is 20.8 Å². The standard InChI is InChI=1S/C15H28N4/c1-12(2)10-16-8-5-9-17-11-15-13-6-3-4-7-14(13)18-19-15/h12,16-17H,3-11H2,1-2H3,(H,18,19). The summed E-state index contributed by atoms with van der Waals surface area (Å²) < 4.78 is 0. The molecule has 3 N–H and O–H groups in total. The molecule has 0 aromatic carbocycles. The van der Waals surface area contributed by atoms with Crippen molar-refractivity contribution in [2.45, 2.75) is 52.5 Å². The smallest absolute Gasteiger partial charge is 0.0794 e.